The molecule has 0 amide bonds. The predicted molar refractivity (Wildman–Crippen MR) is 176 cm³/mol. The number of hydrogen-bond acceptors (Lipinski definition) is 6. The molecule has 0 aromatic heterocycles. The van der Waals surface area contributed by atoms with E-state index in [1.807, 2.05) is 0 Å². The molecule has 1 unspecified atom stereocenters. The van der Waals surface area contributed by atoms with Gasteiger partial charge in [0.05, 0.1) is 38.2 Å². The molecule has 72 heavy (non-hydrogen) atoms. The first-order valence-corrected chi connectivity index (χ1v) is 18.7. The Hall–Kier alpha value is -3.97. The van der Waals surface area contributed by atoms with Gasteiger partial charge in [-0.05, 0) is 54.7 Å². The van der Waals surface area contributed by atoms with Crippen molar-refractivity contribution in [1.82, 2.24) is 0 Å². The van der Waals surface area contributed by atoms with Crippen molar-refractivity contribution in [3.8, 4) is 34.1 Å². The van der Waals surface area contributed by atoms with Crippen LogP contribution in [0.4, 0.5) is 145 Å². The van der Waals surface area contributed by atoms with Gasteiger partial charge in [0, 0.05) is 11.1 Å². The highest BCUT2D eigenvalue weighted by Gasteiger charge is 2.96. The normalized spacial score (nSPS) is 16.1. The van der Waals surface area contributed by atoms with E-state index in [0.29, 0.717) is 28.4 Å². The van der Waals surface area contributed by atoms with Crippen LogP contribution in [0, 0.1) is 0 Å². The molecule has 0 radical (unpaired) electrons. The van der Waals surface area contributed by atoms with Gasteiger partial charge in [-0.15, -0.1) is 0 Å². The van der Waals surface area contributed by atoms with Crippen molar-refractivity contribution in [2.75, 3.05) is 28.4 Å². The lowest BCUT2D eigenvalue weighted by Crippen LogP contribution is -2.74. The second kappa shape index (κ2) is 18.4. The summed E-state index contributed by atoms with van der Waals surface area (Å²) >= 11 is -4.35. The summed E-state index contributed by atoms with van der Waals surface area (Å²) in [6.45, 7) is -1.64. The SMILES string of the molecule is COc1cc(-c2cc(OC)c(SC(F)(F)C(F)(F)C(F)(F)C(F)(F)C(F)(F)C(F)(F)C(F)(F)C(F)(F)F)cc2OC)c(OC)cc1SC(F)(F)C(F)(F)C(F)(F)C(F)(F)C(F)(F)C(F)(F)C(C)(F)C(F)(F)F. The molecular formula is C33H19F33O4S2. The highest BCUT2D eigenvalue weighted by atomic mass is 32.2. The van der Waals surface area contributed by atoms with E-state index in [9.17, 15) is 136 Å². The molecular weight excluding hydrogens is 1150 g/mol. The Labute approximate surface area is 384 Å². The Bertz CT molecular complexity index is 2130. The second-order valence-electron chi connectivity index (χ2n) is 14.0. The fourth-order valence-corrected chi connectivity index (χ4v) is 7.00. The quantitative estimate of drug-likeness (QED) is 0.0916. The average Bonchev–Trinajstić information content (AvgIpc) is 3.21. The second-order valence-corrected chi connectivity index (χ2v) is 16.3. The van der Waals surface area contributed by atoms with E-state index < -0.39 is 168 Å². The molecule has 2 rings (SSSR count). The molecule has 0 heterocycles. The fraction of sp³-hybridized carbons (Fsp3) is 0.636. The first-order valence-electron chi connectivity index (χ1n) is 17.1. The lowest BCUT2D eigenvalue weighted by atomic mass is 9.86. The molecule has 0 aliphatic rings. The van der Waals surface area contributed by atoms with Gasteiger partial charge in [-0.2, -0.15) is 140 Å². The van der Waals surface area contributed by atoms with Gasteiger partial charge in [0.15, 0.2) is 0 Å². The number of alkyl halides is 33. The molecule has 2 aromatic carbocycles. The van der Waals surface area contributed by atoms with Crippen molar-refractivity contribution in [1.29, 1.82) is 0 Å². The van der Waals surface area contributed by atoms with Gasteiger partial charge >= 0.3 is 88.0 Å². The zero-order chi connectivity index (χ0) is 57.7. The largest absolute Gasteiger partial charge is 0.496 e. The molecule has 0 aliphatic heterocycles. The van der Waals surface area contributed by atoms with Crippen molar-refractivity contribution in [2.24, 2.45) is 0 Å². The summed E-state index contributed by atoms with van der Waals surface area (Å²) in [4.78, 5) is -3.69. The van der Waals surface area contributed by atoms with Crippen LogP contribution in [0.5, 0.6) is 23.0 Å². The molecule has 0 fully saturated rings. The summed E-state index contributed by atoms with van der Waals surface area (Å²) < 4.78 is 480. The van der Waals surface area contributed by atoms with Gasteiger partial charge in [0.2, 0.25) is 0 Å². The average molecular weight is 1170 g/mol. The molecule has 418 valence electrons. The summed E-state index contributed by atoms with van der Waals surface area (Å²) in [5.41, 5.74) is -8.92. The maximum atomic E-state index is 15.1. The molecule has 4 nitrogen and oxygen atoms in total. The van der Waals surface area contributed by atoms with Gasteiger partial charge in [-0.25, -0.2) is 4.39 Å². The van der Waals surface area contributed by atoms with Crippen molar-refractivity contribution >= 4 is 23.5 Å². The smallest absolute Gasteiger partial charge is 0.460 e. The highest BCUT2D eigenvalue weighted by Crippen LogP contribution is 2.68. The summed E-state index contributed by atoms with van der Waals surface area (Å²) in [7, 11) is 1.48. The van der Waals surface area contributed by atoms with Crippen LogP contribution in [0.15, 0.2) is 34.1 Å². The summed E-state index contributed by atoms with van der Waals surface area (Å²) in [5, 5.41) is -14.3. The van der Waals surface area contributed by atoms with Gasteiger partial charge in [-0.3, -0.25) is 0 Å². The minimum atomic E-state index is -8.99. The lowest BCUT2D eigenvalue weighted by molar-refractivity contribution is -0.458. The molecule has 0 spiro atoms. The standard InChI is InChI=1S/C33H19F33O4S2/c1-18(34,30(57,58)59)19(35,36)20(37,38)21(39,40)25(47,48)28(53,54)32(63,64)71-16-8-12(67-2)10(6-14(16)69-4)11-7-15(70-5)17(9-13(11)68-3)72-33(65,66)29(55,56)26(49,50)23(43,44)22(41,42)24(45,46)27(51,52)31(60,61)62/h6-9H,1-5H3. The molecule has 1 atom stereocenters. The Kier molecular flexibility index (Phi) is 16.4. The van der Waals surface area contributed by atoms with Gasteiger partial charge in [0.25, 0.3) is 5.67 Å². The monoisotopic (exact) mass is 1170 g/mol. The minimum absolute atomic E-state index is 0.116. The minimum Gasteiger partial charge on any atom is -0.496 e. The molecule has 0 bridgehead atoms. The maximum absolute atomic E-state index is 15.1. The third-order valence-corrected chi connectivity index (χ3v) is 11.6. The van der Waals surface area contributed by atoms with E-state index in [2.05, 4.69) is 9.47 Å². The lowest BCUT2D eigenvalue weighted by Gasteiger charge is -2.43. The first-order chi connectivity index (χ1) is 31.4. The number of rotatable bonds is 21. The Balaban J connectivity index is 2.81. The first kappa shape index (κ1) is 64.1. The predicted octanol–water partition coefficient (Wildman–Crippen LogP) is 15.6. The van der Waals surface area contributed by atoms with Crippen molar-refractivity contribution in [2.45, 2.75) is 110 Å². The Morgan fingerprint density at radius 1 is 0.278 bits per heavy atom. The molecule has 0 N–H and O–H groups in total. The number of hydrogen-bond donors (Lipinski definition) is 0. The fourth-order valence-electron chi connectivity index (χ4n) is 5.12. The van der Waals surface area contributed by atoms with Crippen LogP contribution in [0.1, 0.15) is 6.92 Å². The van der Waals surface area contributed by atoms with E-state index in [-0.39, 0.29) is 24.3 Å². The molecule has 0 aliphatic carbocycles. The topological polar surface area (TPSA) is 36.9 Å². The number of halogens is 33. The van der Waals surface area contributed by atoms with E-state index in [1.54, 1.807) is 0 Å². The van der Waals surface area contributed by atoms with Crippen molar-refractivity contribution in [3.05, 3.63) is 24.3 Å². The van der Waals surface area contributed by atoms with Crippen LogP contribution < -0.4 is 18.9 Å². The van der Waals surface area contributed by atoms with E-state index >= 15 is 8.78 Å². The summed E-state index contributed by atoms with van der Waals surface area (Å²) in [5.74, 6) is -100. The molecule has 2 aromatic rings. The van der Waals surface area contributed by atoms with Crippen LogP contribution in [0.2, 0.25) is 0 Å². The van der Waals surface area contributed by atoms with Gasteiger partial charge < -0.3 is 18.9 Å². The van der Waals surface area contributed by atoms with Crippen LogP contribution in [0.25, 0.3) is 11.1 Å². The number of ether oxygens (including phenoxy) is 4. The van der Waals surface area contributed by atoms with Crippen molar-refractivity contribution in [3.63, 3.8) is 0 Å². The van der Waals surface area contributed by atoms with Crippen LogP contribution >= 0.6 is 23.5 Å². The zero-order valence-corrected chi connectivity index (χ0v) is 35.9. The molecule has 0 saturated carbocycles. The van der Waals surface area contributed by atoms with Crippen LogP contribution in [0.3, 0.4) is 0 Å². The van der Waals surface area contributed by atoms with Crippen molar-refractivity contribution < 1.29 is 164 Å². The van der Waals surface area contributed by atoms with Crippen LogP contribution in [-0.4, -0.2) is 122 Å². The highest BCUT2D eigenvalue weighted by molar-refractivity contribution is 8.00. The third-order valence-electron chi connectivity index (χ3n) is 9.50. The van der Waals surface area contributed by atoms with Gasteiger partial charge in [0.1, 0.15) is 23.0 Å². The van der Waals surface area contributed by atoms with E-state index in [4.69, 9.17) is 9.47 Å². The number of methoxy groups -OCH3 is 4. The Morgan fingerprint density at radius 3 is 0.722 bits per heavy atom. The number of thioether (sulfide) groups is 2. The van der Waals surface area contributed by atoms with Crippen LogP contribution in [-0.2, 0) is 0 Å². The summed E-state index contributed by atoms with van der Waals surface area (Å²) in [6.07, 6.45) is -15.4. The molecule has 0 saturated heterocycles. The maximum Gasteiger partial charge on any atom is 0.460 e. The third kappa shape index (κ3) is 9.01. The van der Waals surface area contributed by atoms with E-state index in [1.165, 1.54) is 0 Å². The van der Waals surface area contributed by atoms with Gasteiger partial charge in [-0.1, -0.05) is 0 Å². The van der Waals surface area contributed by atoms with E-state index in [0.717, 1.165) is 0 Å². The Morgan fingerprint density at radius 2 is 0.500 bits per heavy atom. The number of benzene rings is 2. The summed E-state index contributed by atoms with van der Waals surface area (Å²) in [6, 6.07) is 0.0124. The molecule has 39 heteroatoms. The zero-order valence-electron chi connectivity index (χ0n) is 34.2.